The first-order chi connectivity index (χ1) is 7.74. The van der Waals surface area contributed by atoms with E-state index in [4.69, 9.17) is 0 Å². The van der Waals surface area contributed by atoms with Crippen molar-refractivity contribution in [1.82, 2.24) is 4.90 Å². The molecule has 0 atom stereocenters. The van der Waals surface area contributed by atoms with Crippen molar-refractivity contribution in [3.63, 3.8) is 0 Å². The Kier molecular flexibility index (Phi) is 4.58. The van der Waals surface area contributed by atoms with E-state index in [0.29, 0.717) is 5.56 Å². The average Bonchev–Trinajstić information content (AvgIpc) is 2.31. The SMILES string of the molecule is C=CNc1ccccc1C(=O)N(CC)CC. The van der Waals surface area contributed by atoms with Gasteiger partial charge in [-0.05, 0) is 32.2 Å². The monoisotopic (exact) mass is 218 g/mol. The number of benzene rings is 1. The fourth-order valence-corrected chi connectivity index (χ4v) is 1.59. The van der Waals surface area contributed by atoms with E-state index in [9.17, 15) is 4.79 Å². The third kappa shape index (κ3) is 2.63. The number of carbonyl (C=O) groups excluding carboxylic acids is 1. The Morgan fingerprint density at radius 1 is 1.38 bits per heavy atom. The summed E-state index contributed by atoms with van der Waals surface area (Å²) in [5.41, 5.74) is 1.49. The number of rotatable bonds is 5. The second kappa shape index (κ2) is 5.95. The van der Waals surface area contributed by atoms with Crippen LogP contribution in [0.5, 0.6) is 0 Å². The topological polar surface area (TPSA) is 32.3 Å². The minimum absolute atomic E-state index is 0.0509. The Labute approximate surface area is 96.8 Å². The number of carbonyl (C=O) groups is 1. The molecule has 1 aromatic rings. The van der Waals surface area contributed by atoms with Crippen LogP contribution in [-0.2, 0) is 0 Å². The van der Waals surface area contributed by atoms with Gasteiger partial charge in [0.15, 0.2) is 0 Å². The van der Waals surface area contributed by atoms with Crippen molar-refractivity contribution in [2.45, 2.75) is 13.8 Å². The fraction of sp³-hybridized carbons (Fsp3) is 0.308. The number of hydrogen-bond donors (Lipinski definition) is 1. The average molecular weight is 218 g/mol. The summed E-state index contributed by atoms with van der Waals surface area (Å²) in [7, 11) is 0. The van der Waals surface area contributed by atoms with Crippen molar-refractivity contribution in [3.05, 3.63) is 42.6 Å². The molecule has 0 unspecified atom stereocenters. The maximum Gasteiger partial charge on any atom is 0.255 e. The number of nitrogens with zero attached hydrogens (tertiary/aromatic N) is 1. The van der Waals surface area contributed by atoms with E-state index in [-0.39, 0.29) is 5.91 Å². The van der Waals surface area contributed by atoms with Gasteiger partial charge in [0.25, 0.3) is 5.91 Å². The number of amides is 1. The second-order valence-electron chi connectivity index (χ2n) is 3.37. The minimum atomic E-state index is 0.0509. The molecule has 0 aliphatic carbocycles. The Bertz CT molecular complexity index is 370. The first kappa shape index (κ1) is 12.3. The quantitative estimate of drug-likeness (QED) is 0.824. The van der Waals surface area contributed by atoms with Crippen molar-refractivity contribution in [2.75, 3.05) is 18.4 Å². The Morgan fingerprint density at radius 3 is 2.56 bits per heavy atom. The number of anilines is 1. The van der Waals surface area contributed by atoms with Crippen LogP contribution in [0.3, 0.4) is 0 Å². The van der Waals surface area contributed by atoms with Crippen LogP contribution in [0.1, 0.15) is 24.2 Å². The molecule has 0 radical (unpaired) electrons. The van der Waals surface area contributed by atoms with Crippen molar-refractivity contribution in [1.29, 1.82) is 0 Å². The van der Waals surface area contributed by atoms with Gasteiger partial charge >= 0.3 is 0 Å². The van der Waals surface area contributed by atoms with E-state index in [1.165, 1.54) is 0 Å². The molecule has 0 aliphatic rings. The van der Waals surface area contributed by atoms with Crippen LogP contribution in [0.15, 0.2) is 37.0 Å². The molecule has 0 aliphatic heterocycles. The first-order valence-electron chi connectivity index (χ1n) is 5.50. The van der Waals surface area contributed by atoms with Crippen LogP contribution in [0.4, 0.5) is 5.69 Å². The van der Waals surface area contributed by atoms with Crippen LogP contribution < -0.4 is 5.32 Å². The highest BCUT2D eigenvalue weighted by Gasteiger charge is 2.15. The van der Waals surface area contributed by atoms with Crippen LogP contribution in [0.25, 0.3) is 0 Å². The van der Waals surface area contributed by atoms with Crippen LogP contribution in [0, 0.1) is 0 Å². The van der Waals surface area contributed by atoms with Gasteiger partial charge < -0.3 is 10.2 Å². The van der Waals surface area contributed by atoms with Crippen LogP contribution in [-0.4, -0.2) is 23.9 Å². The molecule has 0 heterocycles. The molecule has 1 amide bonds. The molecular formula is C13H18N2O. The molecule has 3 nitrogen and oxygen atoms in total. The molecule has 0 fully saturated rings. The zero-order valence-corrected chi connectivity index (χ0v) is 9.86. The van der Waals surface area contributed by atoms with Gasteiger partial charge in [0, 0.05) is 13.1 Å². The third-order valence-electron chi connectivity index (χ3n) is 2.47. The summed E-state index contributed by atoms with van der Waals surface area (Å²) in [6, 6.07) is 7.46. The van der Waals surface area contributed by atoms with Crippen molar-refractivity contribution in [2.24, 2.45) is 0 Å². The predicted octanol–water partition coefficient (Wildman–Crippen LogP) is 2.72. The van der Waals surface area contributed by atoms with E-state index in [1.54, 1.807) is 11.1 Å². The fourth-order valence-electron chi connectivity index (χ4n) is 1.59. The maximum atomic E-state index is 12.2. The van der Waals surface area contributed by atoms with E-state index in [0.717, 1.165) is 18.8 Å². The van der Waals surface area contributed by atoms with E-state index in [1.807, 2.05) is 38.1 Å². The van der Waals surface area contributed by atoms with Gasteiger partial charge in [0.05, 0.1) is 11.3 Å². The van der Waals surface area contributed by atoms with E-state index < -0.39 is 0 Å². The lowest BCUT2D eigenvalue weighted by molar-refractivity contribution is 0.0774. The predicted molar refractivity (Wildman–Crippen MR) is 67.5 cm³/mol. The molecule has 16 heavy (non-hydrogen) atoms. The summed E-state index contributed by atoms with van der Waals surface area (Å²) in [6.45, 7) is 9.00. The zero-order chi connectivity index (χ0) is 12.0. The number of nitrogens with one attached hydrogen (secondary N) is 1. The molecule has 0 aromatic heterocycles. The summed E-state index contributed by atoms with van der Waals surface area (Å²) in [5.74, 6) is 0.0509. The van der Waals surface area contributed by atoms with Crippen molar-refractivity contribution in [3.8, 4) is 0 Å². The van der Waals surface area contributed by atoms with Crippen molar-refractivity contribution < 1.29 is 4.79 Å². The normalized spacial score (nSPS) is 9.62. The molecule has 1 N–H and O–H groups in total. The number of hydrogen-bond acceptors (Lipinski definition) is 2. The van der Waals surface area contributed by atoms with Gasteiger partial charge in [-0.1, -0.05) is 18.7 Å². The summed E-state index contributed by atoms with van der Waals surface area (Å²) < 4.78 is 0. The van der Waals surface area contributed by atoms with Gasteiger partial charge in [-0.15, -0.1) is 0 Å². The molecule has 86 valence electrons. The standard InChI is InChI=1S/C13H18N2O/c1-4-14-12-10-8-7-9-11(12)13(16)15(5-2)6-3/h4,7-10,14H,1,5-6H2,2-3H3. The van der Waals surface area contributed by atoms with Gasteiger partial charge in [-0.2, -0.15) is 0 Å². The largest absolute Gasteiger partial charge is 0.362 e. The van der Waals surface area contributed by atoms with E-state index in [2.05, 4.69) is 11.9 Å². The third-order valence-corrected chi connectivity index (χ3v) is 2.47. The van der Waals surface area contributed by atoms with Crippen LogP contribution >= 0.6 is 0 Å². The second-order valence-corrected chi connectivity index (χ2v) is 3.37. The highest BCUT2D eigenvalue weighted by molar-refractivity contribution is 5.99. The smallest absolute Gasteiger partial charge is 0.255 e. The summed E-state index contributed by atoms with van der Waals surface area (Å²) in [6.07, 6.45) is 1.58. The summed E-state index contributed by atoms with van der Waals surface area (Å²) in [4.78, 5) is 13.9. The lowest BCUT2D eigenvalue weighted by atomic mass is 10.1. The molecule has 3 heteroatoms. The molecule has 1 aromatic carbocycles. The van der Waals surface area contributed by atoms with E-state index >= 15 is 0 Å². The van der Waals surface area contributed by atoms with Crippen LogP contribution in [0.2, 0.25) is 0 Å². The molecule has 1 rings (SSSR count). The molecular weight excluding hydrogens is 200 g/mol. The minimum Gasteiger partial charge on any atom is -0.362 e. The molecule has 0 spiro atoms. The first-order valence-corrected chi connectivity index (χ1v) is 5.50. The molecule has 0 saturated heterocycles. The van der Waals surface area contributed by atoms with Crippen molar-refractivity contribution >= 4 is 11.6 Å². The van der Waals surface area contributed by atoms with Gasteiger partial charge in [-0.25, -0.2) is 0 Å². The molecule has 0 saturated carbocycles. The zero-order valence-electron chi connectivity index (χ0n) is 9.86. The Morgan fingerprint density at radius 2 is 2.00 bits per heavy atom. The molecule has 0 bridgehead atoms. The highest BCUT2D eigenvalue weighted by Crippen LogP contribution is 2.17. The lowest BCUT2D eigenvalue weighted by Gasteiger charge is -2.20. The number of para-hydroxylation sites is 1. The Balaban J connectivity index is 3.01. The summed E-state index contributed by atoms with van der Waals surface area (Å²) >= 11 is 0. The maximum absolute atomic E-state index is 12.2. The summed E-state index contributed by atoms with van der Waals surface area (Å²) in [5, 5.41) is 2.98. The van der Waals surface area contributed by atoms with Gasteiger partial charge in [-0.3, -0.25) is 4.79 Å². The van der Waals surface area contributed by atoms with Gasteiger partial charge in [0.2, 0.25) is 0 Å². The lowest BCUT2D eigenvalue weighted by Crippen LogP contribution is -2.30. The highest BCUT2D eigenvalue weighted by atomic mass is 16.2. The Hall–Kier alpha value is -1.77. The van der Waals surface area contributed by atoms with Gasteiger partial charge in [0.1, 0.15) is 0 Å².